The second-order valence-electron chi connectivity index (χ2n) is 1.32. The molecule has 0 unspecified atom stereocenters. The van der Waals surface area contributed by atoms with E-state index in [1.54, 1.807) is 0 Å². The van der Waals surface area contributed by atoms with Crippen LogP contribution in [0.3, 0.4) is 0 Å². The summed E-state index contributed by atoms with van der Waals surface area (Å²) in [6.07, 6.45) is 2.56. The Labute approximate surface area is 69.0 Å². The maximum Gasteiger partial charge on any atom is 0.0466 e. The Kier molecular flexibility index (Phi) is 11.2. The fourth-order valence-electron chi connectivity index (χ4n) is 0.510. The van der Waals surface area contributed by atoms with Crippen LogP contribution in [0.4, 0.5) is 0 Å². The molecule has 1 aliphatic heterocycles. The Balaban J connectivity index is 0. The fourth-order valence-corrected chi connectivity index (χ4v) is 0.510. The summed E-state index contributed by atoms with van der Waals surface area (Å²) < 4.78 is 4.94. The fraction of sp³-hybridized carbons (Fsp3) is 1.00. The summed E-state index contributed by atoms with van der Waals surface area (Å²) in [6, 6.07) is 0. The van der Waals surface area contributed by atoms with Gasteiger partial charge in [0.2, 0.25) is 0 Å². The Hall–Kier alpha value is 1.12. The van der Waals surface area contributed by atoms with Gasteiger partial charge in [-0.05, 0) is 12.8 Å². The molecule has 0 aromatic carbocycles. The molecule has 0 spiro atoms. The summed E-state index contributed by atoms with van der Waals surface area (Å²) in [5, 5.41) is 0. The van der Waals surface area contributed by atoms with Crippen molar-refractivity contribution in [3.63, 3.8) is 0 Å². The first-order valence-electron chi connectivity index (χ1n) is 2.08. The molecular formula is C4H9ClHfO. The topological polar surface area (TPSA) is 9.23 Å². The Morgan fingerprint density at radius 2 is 1.43 bits per heavy atom. The van der Waals surface area contributed by atoms with Crippen molar-refractivity contribution in [3.8, 4) is 0 Å². The van der Waals surface area contributed by atoms with E-state index in [-0.39, 0.29) is 38.3 Å². The van der Waals surface area contributed by atoms with Crippen LogP contribution in [0.15, 0.2) is 0 Å². The van der Waals surface area contributed by atoms with E-state index in [1.807, 2.05) is 0 Å². The molecular weight excluding hydrogens is 278 g/mol. The van der Waals surface area contributed by atoms with Crippen molar-refractivity contribution < 1.29 is 30.6 Å². The van der Waals surface area contributed by atoms with E-state index in [0.717, 1.165) is 13.2 Å². The minimum atomic E-state index is 0. The van der Waals surface area contributed by atoms with Gasteiger partial charge in [-0.15, -0.1) is 12.4 Å². The molecule has 1 rings (SSSR count). The molecule has 1 nitrogen and oxygen atoms in total. The zero-order chi connectivity index (χ0) is 3.54. The van der Waals surface area contributed by atoms with Crippen molar-refractivity contribution in [3.05, 3.63) is 0 Å². The van der Waals surface area contributed by atoms with E-state index >= 15 is 0 Å². The summed E-state index contributed by atoms with van der Waals surface area (Å²) in [7, 11) is 0. The van der Waals surface area contributed by atoms with Gasteiger partial charge in [0.25, 0.3) is 0 Å². The van der Waals surface area contributed by atoms with Crippen LogP contribution in [0.5, 0.6) is 0 Å². The molecule has 1 fully saturated rings. The second kappa shape index (κ2) is 7.12. The minimum absolute atomic E-state index is 0. The zero-order valence-electron chi connectivity index (χ0n) is 4.14. The van der Waals surface area contributed by atoms with Crippen LogP contribution in [0, 0.1) is 0 Å². The summed E-state index contributed by atoms with van der Waals surface area (Å²) in [5.74, 6) is 0. The van der Waals surface area contributed by atoms with Gasteiger partial charge in [0.15, 0.2) is 0 Å². The first-order valence-corrected chi connectivity index (χ1v) is 2.08. The van der Waals surface area contributed by atoms with E-state index in [4.69, 9.17) is 4.74 Å². The SMILES string of the molecule is C1CCOC1.Cl.[Hf]. The zero-order valence-corrected chi connectivity index (χ0v) is 8.55. The van der Waals surface area contributed by atoms with Crippen LogP contribution in [-0.4, -0.2) is 13.2 Å². The Morgan fingerprint density at radius 3 is 1.57 bits per heavy atom. The van der Waals surface area contributed by atoms with Crippen LogP contribution >= 0.6 is 12.4 Å². The summed E-state index contributed by atoms with van der Waals surface area (Å²) >= 11 is 0. The van der Waals surface area contributed by atoms with Gasteiger partial charge in [-0.25, -0.2) is 0 Å². The molecule has 3 heteroatoms. The van der Waals surface area contributed by atoms with Crippen LogP contribution < -0.4 is 0 Å². The third kappa shape index (κ3) is 4.98. The molecule has 0 atom stereocenters. The largest absolute Gasteiger partial charge is 0.381 e. The molecule has 42 valence electrons. The minimum Gasteiger partial charge on any atom is -0.381 e. The van der Waals surface area contributed by atoms with Crippen molar-refractivity contribution in [1.29, 1.82) is 0 Å². The predicted molar refractivity (Wildman–Crippen MR) is 27.3 cm³/mol. The molecule has 0 amide bonds. The van der Waals surface area contributed by atoms with Crippen LogP contribution in [0.1, 0.15) is 12.8 Å². The first-order chi connectivity index (χ1) is 2.50. The van der Waals surface area contributed by atoms with Crippen molar-refractivity contribution in [2.24, 2.45) is 0 Å². The molecule has 0 N–H and O–H groups in total. The Morgan fingerprint density at radius 1 is 1.00 bits per heavy atom. The standard InChI is InChI=1S/C4H8O.ClH.Hf/c1-2-4-5-3-1;;/h1-4H2;1H;. The molecule has 0 aliphatic carbocycles. The first kappa shape index (κ1) is 11.0. The van der Waals surface area contributed by atoms with E-state index in [0.29, 0.717) is 0 Å². The number of halogens is 1. The molecule has 7 heavy (non-hydrogen) atoms. The molecule has 0 aromatic rings. The van der Waals surface area contributed by atoms with E-state index < -0.39 is 0 Å². The average Bonchev–Trinajstić information content (AvgIpc) is 1.76. The van der Waals surface area contributed by atoms with Gasteiger partial charge in [-0.2, -0.15) is 0 Å². The van der Waals surface area contributed by atoms with Crippen LogP contribution in [0.2, 0.25) is 0 Å². The number of hydrogen-bond donors (Lipinski definition) is 0. The second-order valence-corrected chi connectivity index (χ2v) is 1.32. The van der Waals surface area contributed by atoms with Gasteiger partial charge >= 0.3 is 0 Å². The summed E-state index contributed by atoms with van der Waals surface area (Å²) in [5.41, 5.74) is 0. The average molecular weight is 287 g/mol. The summed E-state index contributed by atoms with van der Waals surface area (Å²) in [6.45, 7) is 2.00. The predicted octanol–water partition coefficient (Wildman–Crippen LogP) is 1.22. The third-order valence-electron chi connectivity index (χ3n) is 0.827. The van der Waals surface area contributed by atoms with Gasteiger partial charge in [0.1, 0.15) is 0 Å². The number of hydrogen-bond acceptors (Lipinski definition) is 1. The number of ether oxygens (including phenoxy) is 1. The molecule has 0 bridgehead atoms. The van der Waals surface area contributed by atoms with Gasteiger partial charge in [-0.3, -0.25) is 0 Å². The monoisotopic (exact) mass is 288 g/mol. The van der Waals surface area contributed by atoms with Gasteiger partial charge < -0.3 is 4.74 Å². The van der Waals surface area contributed by atoms with Crippen LogP contribution in [0.25, 0.3) is 0 Å². The van der Waals surface area contributed by atoms with Gasteiger partial charge in [0, 0.05) is 39.1 Å². The van der Waals surface area contributed by atoms with Crippen molar-refractivity contribution in [1.82, 2.24) is 0 Å². The van der Waals surface area contributed by atoms with Crippen molar-refractivity contribution >= 4 is 12.4 Å². The quantitative estimate of drug-likeness (QED) is 0.609. The van der Waals surface area contributed by atoms with E-state index in [9.17, 15) is 0 Å². The molecule has 1 heterocycles. The summed E-state index contributed by atoms with van der Waals surface area (Å²) in [4.78, 5) is 0. The number of rotatable bonds is 0. The molecule has 1 aliphatic rings. The maximum absolute atomic E-state index is 4.94. The third-order valence-corrected chi connectivity index (χ3v) is 0.827. The Bertz CT molecular complexity index is 23.3. The van der Waals surface area contributed by atoms with Crippen molar-refractivity contribution in [2.75, 3.05) is 13.2 Å². The smallest absolute Gasteiger partial charge is 0.0466 e. The molecule has 0 radical (unpaired) electrons. The van der Waals surface area contributed by atoms with Gasteiger partial charge in [-0.1, -0.05) is 0 Å². The molecule has 0 aromatic heterocycles. The van der Waals surface area contributed by atoms with E-state index in [1.165, 1.54) is 12.8 Å². The normalized spacial score (nSPS) is 17.1. The maximum atomic E-state index is 4.94. The van der Waals surface area contributed by atoms with Crippen LogP contribution in [-0.2, 0) is 30.6 Å². The van der Waals surface area contributed by atoms with Gasteiger partial charge in [0.05, 0.1) is 0 Å². The van der Waals surface area contributed by atoms with Crippen molar-refractivity contribution in [2.45, 2.75) is 12.8 Å². The molecule has 0 saturated carbocycles. The molecule has 1 saturated heterocycles. The van der Waals surface area contributed by atoms with E-state index in [2.05, 4.69) is 0 Å².